The van der Waals surface area contributed by atoms with Gasteiger partial charge in [-0.25, -0.2) is 0 Å². The molecule has 1 aromatic rings. The summed E-state index contributed by atoms with van der Waals surface area (Å²) in [6, 6.07) is 7.79. The quantitative estimate of drug-likeness (QED) is 0.809. The zero-order chi connectivity index (χ0) is 11.3. The SMILES string of the molecule is CCC(C)CC(CO)c1cccc(Cl)c1. The molecule has 0 radical (unpaired) electrons. The van der Waals surface area contributed by atoms with E-state index in [1.807, 2.05) is 24.3 Å². The van der Waals surface area contributed by atoms with Crippen LogP contribution in [0.4, 0.5) is 0 Å². The Morgan fingerprint density at radius 2 is 2.13 bits per heavy atom. The number of benzene rings is 1. The summed E-state index contributed by atoms with van der Waals surface area (Å²) >= 11 is 5.93. The van der Waals surface area contributed by atoms with E-state index in [4.69, 9.17) is 11.6 Å². The minimum absolute atomic E-state index is 0.199. The maximum absolute atomic E-state index is 9.37. The second-order valence-corrected chi connectivity index (χ2v) is 4.62. The van der Waals surface area contributed by atoms with Crippen LogP contribution in [-0.2, 0) is 0 Å². The monoisotopic (exact) mass is 226 g/mol. The molecule has 2 heteroatoms. The molecule has 0 aliphatic heterocycles. The minimum Gasteiger partial charge on any atom is -0.396 e. The topological polar surface area (TPSA) is 20.2 Å². The van der Waals surface area contributed by atoms with Crippen molar-refractivity contribution in [2.24, 2.45) is 5.92 Å². The number of rotatable bonds is 5. The van der Waals surface area contributed by atoms with Gasteiger partial charge in [0, 0.05) is 17.5 Å². The van der Waals surface area contributed by atoms with Crippen LogP contribution < -0.4 is 0 Å². The van der Waals surface area contributed by atoms with E-state index in [-0.39, 0.29) is 12.5 Å². The minimum atomic E-state index is 0.199. The maximum atomic E-state index is 9.37. The first kappa shape index (κ1) is 12.5. The van der Waals surface area contributed by atoms with Gasteiger partial charge >= 0.3 is 0 Å². The second kappa shape index (κ2) is 6.14. The molecule has 2 unspecified atom stereocenters. The summed E-state index contributed by atoms with van der Waals surface area (Å²) < 4.78 is 0. The van der Waals surface area contributed by atoms with Crippen LogP contribution in [-0.4, -0.2) is 11.7 Å². The fourth-order valence-electron chi connectivity index (χ4n) is 1.73. The molecule has 0 saturated carbocycles. The Labute approximate surface area is 97.1 Å². The predicted octanol–water partition coefficient (Wildman–Crippen LogP) is 3.85. The molecule has 1 rings (SSSR count). The average molecular weight is 227 g/mol. The summed E-state index contributed by atoms with van der Waals surface area (Å²) in [6.07, 6.45) is 2.17. The molecule has 0 bridgehead atoms. The van der Waals surface area contributed by atoms with E-state index in [0.717, 1.165) is 23.4 Å². The van der Waals surface area contributed by atoms with Crippen LogP contribution >= 0.6 is 11.6 Å². The normalized spacial score (nSPS) is 14.9. The van der Waals surface area contributed by atoms with Crippen LogP contribution in [0.25, 0.3) is 0 Å². The van der Waals surface area contributed by atoms with Gasteiger partial charge in [0.2, 0.25) is 0 Å². The van der Waals surface area contributed by atoms with Crippen LogP contribution in [0.5, 0.6) is 0 Å². The zero-order valence-corrected chi connectivity index (χ0v) is 10.2. The van der Waals surface area contributed by atoms with Gasteiger partial charge in [0.1, 0.15) is 0 Å². The Morgan fingerprint density at radius 1 is 1.40 bits per heavy atom. The number of hydrogen-bond donors (Lipinski definition) is 1. The van der Waals surface area contributed by atoms with Gasteiger partial charge in [-0.05, 0) is 30.0 Å². The van der Waals surface area contributed by atoms with E-state index in [0.29, 0.717) is 5.92 Å². The molecule has 0 amide bonds. The van der Waals surface area contributed by atoms with Gasteiger partial charge in [-0.15, -0.1) is 0 Å². The van der Waals surface area contributed by atoms with Gasteiger partial charge in [0.15, 0.2) is 0 Å². The molecule has 0 aliphatic rings. The standard InChI is InChI=1S/C13H19ClO/c1-3-10(2)7-12(9-15)11-5-4-6-13(14)8-11/h4-6,8,10,12,15H,3,7,9H2,1-2H3. The number of aliphatic hydroxyl groups excluding tert-OH is 1. The highest BCUT2D eigenvalue weighted by Crippen LogP contribution is 2.26. The molecule has 84 valence electrons. The van der Waals surface area contributed by atoms with Crippen LogP contribution in [0.1, 0.15) is 38.2 Å². The summed E-state index contributed by atoms with van der Waals surface area (Å²) in [5.74, 6) is 0.861. The smallest absolute Gasteiger partial charge is 0.0499 e. The first-order chi connectivity index (χ1) is 7.17. The van der Waals surface area contributed by atoms with E-state index in [1.165, 1.54) is 0 Å². The molecule has 1 N–H and O–H groups in total. The summed E-state index contributed by atoms with van der Waals surface area (Å²) in [4.78, 5) is 0. The summed E-state index contributed by atoms with van der Waals surface area (Å²) in [5.41, 5.74) is 1.14. The molecule has 0 aromatic heterocycles. The Bertz CT molecular complexity index is 298. The van der Waals surface area contributed by atoms with Crippen molar-refractivity contribution < 1.29 is 5.11 Å². The second-order valence-electron chi connectivity index (χ2n) is 4.18. The number of aliphatic hydroxyl groups is 1. The third-order valence-electron chi connectivity index (χ3n) is 2.92. The van der Waals surface area contributed by atoms with E-state index >= 15 is 0 Å². The maximum Gasteiger partial charge on any atom is 0.0499 e. The molecule has 0 heterocycles. The predicted molar refractivity (Wildman–Crippen MR) is 65.4 cm³/mol. The van der Waals surface area contributed by atoms with Crippen molar-refractivity contribution in [3.63, 3.8) is 0 Å². The third kappa shape index (κ3) is 3.84. The van der Waals surface area contributed by atoms with Crippen molar-refractivity contribution in [3.8, 4) is 0 Å². The van der Waals surface area contributed by atoms with Crippen molar-refractivity contribution in [2.75, 3.05) is 6.61 Å². The van der Waals surface area contributed by atoms with Crippen molar-refractivity contribution in [3.05, 3.63) is 34.9 Å². The third-order valence-corrected chi connectivity index (χ3v) is 3.16. The molecule has 0 fully saturated rings. The Balaban J connectivity index is 2.73. The van der Waals surface area contributed by atoms with Gasteiger partial charge < -0.3 is 5.11 Å². The summed E-state index contributed by atoms with van der Waals surface area (Å²) in [5, 5.41) is 10.1. The Morgan fingerprint density at radius 3 is 2.67 bits per heavy atom. The van der Waals surface area contributed by atoms with Crippen LogP contribution in [0.15, 0.2) is 24.3 Å². The molecule has 2 atom stereocenters. The highest BCUT2D eigenvalue weighted by Gasteiger charge is 2.13. The fraction of sp³-hybridized carbons (Fsp3) is 0.538. The van der Waals surface area contributed by atoms with E-state index < -0.39 is 0 Å². The highest BCUT2D eigenvalue weighted by molar-refractivity contribution is 6.30. The van der Waals surface area contributed by atoms with Crippen LogP contribution in [0, 0.1) is 5.92 Å². The van der Waals surface area contributed by atoms with E-state index in [9.17, 15) is 5.11 Å². The lowest BCUT2D eigenvalue weighted by molar-refractivity contribution is 0.245. The highest BCUT2D eigenvalue weighted by atomic mass is 35.5. The molecule has 15 heavy (non-hydrogen) atoms. The van der Waals surface area contributed by atoms with Crippen molar-refractivity contribution in [1.29, 1.82) is 0 Å². The molecule has 1 nitrogen and oxygen atoms in total. The molecular formula is C13H19ClO. The van der Waals surface area contributed by atoms with Crippen molar-refractivity contribution in [2.45, 2.75) is 32.6 Å². The van der Waals surface area contributed by atoms with Crippen LogP contribution in [0.2, 0.25) is 5.02 Å². The Hall–Kier alpha value is -0.530. The largest absolute Gasteiger partial charge is 0.396 e. The van der Waals surface area contributed by atoms with E-state index in [1.54, 1.807) is 0 Å². The van der Waals surface area contributed by atoms with Gasteiger partial charge in [0.05, 0.1) is 0 Å². The first-order valence-electron chi connectivity index (χ1n) is 5.53. The fourth-order valence-corrected chi connectivity index (χ4v) is 1.93. The lowest BCUT2D eigenvalue weighted by Crippen LogP contribution is -2.08. The lowest BCUT2D eigenvalue weighted by Gasteiger charge is -2.18. The first-order valence-corrected chi connectivity index (χ1v) is 5.91. The summed E-state index contributed by atoms with van der Waals surface area (Å²) in [7, 11) is 0. The Kier molecular flexibility index (Phi) is 5.13. The van der Waals surface area contributed by atoms with Gasteiger partial charge in [0.25, 0.3) is 0 Å². The zero-order valence-electron chi connectivity index (χ0n) is 9.41. The molecule has 1 aromatic carbocycles. The number of hydrogen-bond acceptors (Lipinski definition) is 1. The lowest BCUT2D eigenvalue weighted by atomic mass is 9.89. The number of halogens is 1. The molecule has 0 aliphatic carbocycles. The average Bonchev–Trinajstić information content (AvgIpc) is 2.25. The molecular weight excluding hydrogens is 208 g/mol. The van der Waals surface area contributed by atoms with Crippen molar-refractivity contribution in [1.82, 2.24) is 0 Å². The molecule has 0 saturated heterocycles. The van der Waals surface area contributed by atoms with Crippen LogP contribution in [0.3, 0.4) is 0 Å². The molecule has 0 spiro atoms. The van der Waals surface area contributed by atoms with Gasteiger partial charge in [-0.2, -0.15) is 0 Å². The summed E-state index contributed by atoms with van der Waals surface area (Å²) in [6.45, 7) is 4.59. The van der Waals surface area contributed by atoms with E-state index in [2.05, 4.69) is 13.8 Å². The van der Waals surface area contributed by atoms with Crippen molar-refractivity contribution >= 4 is 11.6 Å². The van der Waals surface area contributed by atoms with Gasteiger partial charge in [-0.3, -0.25) is 0 Å². The van der Waals surface area contributed by atoms with Gasteiger partial charge in [-0.1, -0.05) is 44.0 Å².